The average molecular weight is 374 g/mol. The summed E-state index contributed by atoms with van der Waals surface area (Å²) in [5.41, 5.74) is 0. The molecule has 136 valence electrons. The second kappa shape index (κ2) is 7.83. The molecular formula is C16H17F3N2O3S. The number of halogens is 3. The van der Waals surface area contributed by atoms with E-state index in [-0.39, 0.29) is 32.1 Å². The predicted octanol–water partition coefficient (Wildman–Crippen LogP) is 2.07. The maximum Gasteiger partial charge on any atom is 0.246 e. The first kappa shape index (κ1) is 19.2. The van der Waals surface area contributed by atoms with E-state index in [1.807, 2.05) is 0 Å². The highest BCUT2D eigenvalue weighted by molar-refractivity contribution is 7.89. The molecule has 1 aromatic rings. The molecular weight excluding hydrogens is 357 g/mol. The second-order valence-corrected chi connectivity index (χ2v) is 7.19. The molecule has 1 heterocycles. The van der Waals surface area contributed by atoms with Gasteiger partial charge in [-0.05, 0) is 19.1 Å². The van der Waals surface area contributed by atoms with E-state index in [9.17, 15) is 26.4 Å². The number of allylic oxidation sites excluding steroid dienone is 3. The van der Waals surface area contributed by atoms with E-state index >= 15 is 0 Å². The second-order valence-electron chi connectivity index (χ2n) is 5.29. The molecule has 2 rings (SSSR count). The Morgan fingerprint density at radius 3 is 2.28 bits per heavy atom. The van der Waals surface area contributed by atoms with Crippen LogP contribution >= 0.6 is 0 Å². The fraction of sp³-hybridized carbons (Fsp3) is 0.312. The van der Waals surface area contributed by atoms with Gasteiger partial charge >= 0.3 is 0 Å². The van der Waals surface area contributed by atoms with Crippen LogP contribution in [-0.4, -0.2) is 49.7 Å². The highest BCUT2D eigenvalue weighted by Crippen LogP contribution is 2.24. The molecule has 0 N–H and O–H groups in total. The third-order valence-corrected chi connectivity index (χ3v) is 5.63. The summed E-state index contributed by atoms with van der Waals surface area (Å²) >= 11 is 0. The van der Waals surface area contributed by atoms with Crippen LogP contribution in [0.2, 0.25) is 0 Å². The lowest BCUT2D eigenvalue weighted by Crippen LogP contribution is -2.50. The minimum absolute atomic E-state index is 0.0655. The summed E-state index contributed by atoms with van der Waals surface area (Å²) in [5, 5.41) is 0. The van der Waals surface area contributed by atoms with Crippen LogP contribution in [0.3, 0.4) is 0 Å². The van der Waals surface area contributed by atoms with Crippen molar-refractivity contribution < 1.29 is 26.4 Å². The minimum Gasteiger partial charge on any atom is -0.337 e. The molecule has 0 radical (unpaired) electrons. The fourth-order valence-electron chi connectivity index (χ4n) is 2.35. The third kappa shape index (κ3) is 4.10. The van der Waals surface area contributed by atoms with E-state index in [1.165, 1.54) is 11.0 Å². The quantitative estimate of drug-likeness (QED) is 0.461. The van der Waals surface area contributed by atoms with Crippen molar-refractivity contribution in [2.75, 3.05) is 26.2 Å². The first-order valence-corrected chi connectivity index (χ1v) is 8.95. The lowest BCUT2D eigenvalue weighted by Gasteiger charge is -2.33. The van der Waals surface area contributed by atoms with E-state index in [2.05, 4.69) is 0 Å². The summed E-state index contributed by atoms with van der Waals surface area (Å²) in [5.74, 6) is -5.30. The van der Waals surface area contributed by atoms with Gasteiger partial charge in [0.2, 0.25) is 15.9 Å². The summed E-state index contributed by atoms with van der Waals surface area (Å²) < 4.78 is 65.9. The maximum absolute atomic E-state index is 13.8. The van der Waals surface area contributed by atoms with Gasteiger partial charge in [-0.3, -0.25) is 4.79 Å². The molecule has 5 nitrogen and oxygen atoms in total. The molecule has 1 fully saturated rings. The Hall–Kier alpha value is -2.13. The van der Waals surface area contributed by atoms with Crippen LogP contribution in [0.4, 0.5) is 13.2 Å². The zero-order valence-corrected chi connectivity index (χ0v) is 14.3. The molecule has 1 saturated heterocycles. The van der Waals surface area contributed by atoms with Crippen LogP contribution in [0.1, 0.15) is 6.92 Å². The minimum atomic E-state index is -4.32. The molecule has 0 aliphatic carbocycles. The summed E-state index contributed by atoms with van der Waals surface area (Å²) in [6.07, 6.45) is 6.37. The molecule has 1 amide bonds. The standard InChI is InChI=1S/C16H17F3N2O3S/c1-2-3-4-5-14(22)20-8-10-21(11-9-20)25(23,24)13-7-6-12(17)15(18)16(13)19/h2-7H,8-11H2,1H3. The smallest absolute Gasteiger partial charge is 0.246 e. The third-order valence-electron chi connectivity index (χ3n) is 3.71. The van der Waals surface area contributed by atoms with Gasteiger partial charge in [0.25, 0.3) is 0 Å². The van der Waals surface area contributed by atoms with E-state index in [4.69, 9.17) is 0 Å². The monoisotopic (exact) mass is 374 g/mol. The van der Waals surface area contributed by atoms with Gasteiger partial charge in [-0.15, -0.1) is 0 Å². The van der Waals surface area contributed by atoms with E-state index in [0.717, 1.165) is 4.31 Å². The Bertz CT molecular complexity index is 814. The highest BCUT2D eigenvalue weighted by atomic mass is 32.2. The largest absolute Gasteiger partial charge is 0.337 e. The number of rotatable bonds is 4. The number of hydrogen-bond acceptors (Lipinski definition) is 3. The molecule has 0 saturated carbocycles. The first-order chi connectivity index (χ1) is 11.8. The van der Waals surface area contributed by atoms with Crippen molar-refractivity contribution in [3.8, 4) is 0 Å². The summed E-state index contributed by atoms with van der Waals surface area (Å²) in [4.78, 5) is 12.5. The number of carbonyl (C=O) groups is 1. The molecule has 0 atom stereocenters. The molecule has 0 spiro atoms. The van der Waals surface area contributed by atoms with Gasteiger partial charge in [0.1, 0.15) is 4.90 Å². The summed E-state index contributed by atoms with van der Waals surface area (Å²) in [6, 6.07) is 1.26. The van der Waals surface area contributed by atoms with Crippen LogP contribution in [0.25, 0.3) is 0 Å². The molecule has 1 aliphatic heterocycles. The Labute approximate surface area is 144 Å². The number of amides is 1. The van der Waals surface area contributed by atoms with Gasteiger partial charge in [0.15, 0.2) is 17.5 Å². The molecule has 25 heavy (non-hydrogen) atoms. The number of sulfonamides is 1. The Kier molecular flexibility index (Phi) is 6.02. The predicted molar refractivity (Wildman–Crippen MR) is 85.6 cm³/mol. The van der Waals surface area contributed by atoms with Crippen LogP contribution in [0.5, 0.6) is 0 Å². The molecule has 0 aromatic heterocycles. The van der Waals surface area contributed by atoms with Gasteiger partial charge in [-0.1, -0.05) is 18.2 Å². The van der Waals surface area contributed by atoms with Crippen molar-refractivity contribution in [1.82, 2.24) is 9.21 Å². The van der Waals surface area contributed by atoms with Crippen molar-refractivity contribution in [3.63, 3.8) is 0 Å². The molecule has 0 bridgehead atoms. The van der Waals surface area contributed by atoms with Gasteiger partial charge in [-0.2, -0.15) is 4.31 Å². The molecule has 0 unspecified atom stereocenters. The zero-order chi connectivity index (χ0) is 18.6. The number of nitrogens with zero attached hydrogens (tertiary/aromatic N) is 2. The normalized spacial score (nSPS) is 16.9. The fourth-order valence-corrected chi connectivity index (χ4v) is 3.83. The van der Waals surface area contributed by atoms with E-state index in [1.54, 1.807) is 25.2 Å². The highest BCUT2D eigenvalue weighted by Gasteiger charge is 2.33. The first-order valence-electron chi connectivity index (χ1n) is 7.51. The Morgan fingerprint density at radius 2 is 1.68 bits per heavy atom. The van der Waals surface area contributed by atoms with Gasteiger partial charge in [0.05, 0.1) is 0 Å². The van der Waals surface area contributed by atoms with E-state index in [0.29, 0.717) is 12.1 Å². The van der Waals surface area contributed by atoms with Crippen molar-refractivity contribution in [3.05, 3.63) is 53.9 Å². The lowest BCUT2D eigenvalue weighted by molar-refractivity contribution is -0.127. The number of carbonyl (C=O) groups excluding carboxylic acids is 1. The van der Waals surface area contributed by atoms with Crippen molar-refractivity contribution >= 4 is 15.9 Å². The lowest BCUT2D eigenvalue weighted by atomic mass is 10.3. The average Bonchev–Trinajstić information content (AvgIpc) is 2.59. The molecule has 1 aromatic carbocycles. The zero-order valence-electron chi connectivity index (χ0n) is 13.5. The van der Waals surface area contributed by atoms with Crippen LogP contribution < -0.4 is 0 Å². The molecule has 9 heteroatoms. The van der Waals surface area contributed by atoms with Gasteiger partial charge < -0.3 is 4.90 Å². The summed E-state index contributed by atoms with van der Waals surface area (Å²) in [6.45, 7) is 1.90. The van der Waals surface area contributed by atoms with E-state index < -0.39 is 32.4 Å². The SMILES string of the molecule is CC=CC=CC(=O)N1CCN(S(=O)(=O)c2ccc(F)c(F)c2F)CC1. The Morgan fingerprint density at radius 1 is 1.04 bits per heavy atom. The van der Waals surface area contributed by atoms with Crippen LogP contribution in [0, 0.1) is 17.5 Å². The number of benzene rings is 1. The van der Waals surface area contributed by atoms with Crippen molar-refractivity contribution in [1.29, 1.82) is 0 Å². The number of piperazine rings is 1. The number of hydrogen-bond donors (Lipinski definition) is 0. The topological polar surface area (TPSA) is 57.7 Å². The van der Waals surface area contributed by atoms with Crippen molar-refractivity contribution in [2.24, 2.45) is 0 Å². The van der Waals surface area contributed by atoms with Crippen LogP contribution in [0.15, 0.2) is 41.3 Å². The molecule has 1 aliphatic rings. The van der Waals surface area contributed by atoms with Gasteiger partial charge in [0, 0.05) is 32.3 Å². The van der Waals surface area contributed by atoms with Crippen LogP contribution in [-0.2, 0) is 14.8 Å². The van der Waals surface area contributed by atoms with Crippen molar-refractivity contribution in [2.45, 2.75) is 11.8 Å². The Balaban J connectivity index is 2.12. The maximum atomic E-state index is 13.8. The van der Waals surface area contributed by atoms with Gasteiger partial charge in [-0.25, -0.2) is 21.6 Å². The summed E-state index contributed by atoms with van der Waals surface area (Å²) in [7, 11) is -4.32.